The Labute approximate surface area is 174 Å². The Bertz CT molecular complexity index is 851. The molecule has 0 amide bonds. The van der Waals surface area contributed by atoms with Crippen molar-refractivity contribution in [2.75, 3.05) is 55.4 Å². The highest BCUT2D eigenvalue weighted by Crippen LogP contribution is 2.22. The normalized spacial score (nSPS) is 15.7. The van der Waals surface area contributed by atoms with E-state index >= 15 is 0 Å². The third kappa shape index (κ3) is 5.57. The predicted molar refractivity (Wildman–Crippen MR) is 122 cm³/mol. The highest BCUT2D eigenvalue weighted by atomic mass is 15.3. The highest BCUT2D eigenvalue weighted by Gasteiger charge is 2.20. The number of rotatable bonds is 7. The van der Waals surface area contributed by atoms with Gasteiger partial charge in [0.1, 0.15) is 11.6 Å². The lowest BCUT2D eigenvalue weighted by atomic mass is 10.2. The molecule has 0 bridgehead atoms. The first-order valence-corrected chi connectivity index (χ1v) is 10.1. The summed E-state index contributed by atoms with van der Waals surface area (Å²) in [6.07, 6.45) is 1.85. The van der Waals surface area contributed by atoms with E-state index in [0.717, 1.165) is 61.6 Å². The van der Waals surface area contributed by atoms with E-state index < -0.39 is 0 Å². The molecule has 1 N–H and O–H groups in total. The molecule has 1 aromatic carbocycles. The average Bonchev–Trinajstić information content (AvgIpc) is 2.74. The van der Waals surface area contributed by atoms with E-state index in [4.69, 9.17) is 9.97 Å². The fourth-order valence-corrected chi connectivity index (χ4v) is 3.25. The summed E-state index contributed by atoms with van der Waals surface area (Å²) in [5.74, 6) is 2.49. The van der Waals surface area contributed by atoms with Crippen LogP contribution in [0.25, 0.3) is 0 Å². The van der Waals surface area contributed by atoms with Crippen molar-refractivity contribution >= 4 is 17.6 Å². The number of nitrogens with one attached hydrogen (secondary N) is 1. The zero-order valence-corrected chi connectivity index (χ0v) is 18.0. The molecule has 0 aliphatic carbocycles. The Morgan fingerprint density at radius 2 is 1.79 bits per heavy atom. The first-order chi connectivity index (χ1) is 14.0. The summed E-state index contributed by atoms with van der Waals surface area (Å²) in [6.45, 7) is 12.8. The first-order valence-electron chi connectivity index (χ1n) is 10.1. The third-order valence-corrected chi connectivity index (χ3v) is 5.28. The van der Waals surface area contributed by atoms with E-state index in [-0.39, 0.29) is 0 Å². The van der Waals surface area contributed by atoms with Crippen molar-refractivity contribution in [1.29, 1.82) is 0 Å². The van der Waals surface area contributed by atoms with Crippen molar-refractivity contribution in [3.05, 3.63) is 65.9 Å². The van der Waals surface area contributed by atoms with Gasteiger partial charge in [-0.2, -0.15) is 9.97 Å². The number of hydrogen-bond donors (Lipinski definition) is 1. The Kier molecular flexibility index (Phi) is 6.88. The van der Waals surface area contributed by atoms with Crippen LogP contribution < -0.4 is 15.1 Å². The van der Waals surface area contributed by atoms with Gasteiger partial charge in [-0.25, -0.2) is 0 Å². The van der Waals surface area contributed by atoms with Crippen molar-refractivity contribution in [3.8, 4) is 0 Å². The summed E-state index contributed by atoms with van der Waals surface area (Å²) in [4.78, 5) is 16.4. The topological polar surface area (TPSA) is 47.5 Å². The molecule has 1 aromatic heterocycles. The standard InChI is InChI=1S/C23H32N6/c1-6-18(2)19(3)24-21-16-22(27(4)5)26-23(25-21)29-14-12-28(13-15-29)17-20-10-8-7-9-11-20/h6-11,16H,1,12-15,17H2,2-5H3,(H,24,25,26). The molecule has 1 aliphatic heterocycles. The van der Waals surface area contributed by atoms with Crippen molar-refractivity contribution in [3.63, 3.8) is 0 Å². The van der Waals surface area contributed by atoms with E-state index in [1.54, 1.807) is 0 Å². The van der Waals surface area contributed by atoms with Gasteiger partial charge in [-0.15, -0.1) is 0 Å². The molecule has 1 fully saturated rings. The van der Waals surface area contributed by atoms with E-state index in [2.05, 4.69) is 52.0 Å². The zero-order chi connectivity index (χ0) is 20.8. The van der Waals surface area contributed by atoms with Crippen LogP contribution in [0.3, 0.4) is 0 Å². The average molecular weight is 393 g/mol. The molecule has 6 nitrogen and oxygen atoms in total. The van der Waals surface area contributed by atoms with Crippen molar-refractivity contribution in [2.45, 2.75) is 20.4 Å². The number of piperazine rings is 1. The van der Waals surface area contributed by atoms with Crippen molar-refractivity contribution in [1.82, 2.24) is 14.9 Å². The Morgan fingerprint density at radius 1 is 1.10 bits per heavy atom. The van der Waals surface area contributed by atoms with Crippen LogP contribution in [-0.2, 0) is 6.54 Å². The molecular weight excluding hydrogens is 360 g/mol. The van der Waals surface area contributed by atoms with Gasteiger partial charge in [0.2, 0.25) is 5.95 Å². The lowest BCUT2D eigenvalue weighted by Crippen LogP contribution is -2.46. The summed E-state index contributed by atoms with van der Waals surface area (Å²) in [5.41, 5.74) is 3.51. The van der Waals surface area contributed by atoms with Crippen LogP contribution in [0.1, 0.15) is 19.4 Å². The molecule has 0 radical (unpaired) electrons. The van der Waals surface area contributed by atoms with Gasteiger partial charge in [0, 0.05) is 58.6 Å². The zero-order valence-electron chi connectivity index (χ0n) is 18.0. The van der Waals surface area contributed by atoms with Crippen molar-refractivity contribution in [2.24, 2.45) is 0 Å². The maximum Gasteiger partial charge on any atom is 0.229 e. The molecule has 0 atom stereocenters. The molecule has 154 valence electrons. The van der Waals surface area contributed by atoms with Crippen LogP contribution >= 0.6 is 0 Å². The first kappa shape index (κ1) is 20.9. The molecule has 0 unspecified atom stereocenters. The molecule has 29 heavy (non-hydrogen) atoms. The van der Waals surface area contributed by atoms with Crippen LogP contribution in [0.5, 0.6) is 0 Å². The minimum absolute atomic E-state index is 0.780. The Balaban J connectivity index is 1.72. The number of aromatic nitrogens is 2. The van der Waals surface area contributed by atoms with Gasteiger partial charge in [-0.05, 0) is 25.0 Å². The molecule has 0 saturated carbocycles. The molecule has 2 heterocycles. The monoisotopic (exact) mass is 392 g/mol. The Hall–Kier alpha value is -2.86. The number of benzene rings is 1. The van der Waals surface area contributed by atoms with Gasteiger partial charge < -0.3 is 15.1 Å². The fraction of sp³-hybridized carbons (Fsp3) is 0.391. The SMILES string of the molecule is C=CC(C)=C(C)Nc1cc(N(C)C)nc(N2CCN(Cc3ccccc3)CC2)n1. The molecular formula is C23H32N6. The largest absolute Gasteiger partial charge is 0.363 e. The van der Waals surface area contributed by atoms with Crippen LogP contribution in [-0.4, -0.2) is 55.1 Å². The molecule has 6 heteroatoms. The van der Waals surface area contributed by atoms with Gasteiger partial charge in [0.05, 0.1) is 0 Å². The van der Waals surface area contributed by atoms with Crippen molar-refractivity contribution < 1.29 is 0 Å². The van der Waals surface area contributed by atoms with Gasteiger partial charge >= 0.3 is 0 Å². The van der Waals surface area contributed by atoms with E-state index in [1.165, 1.54) is 5.56 Å². The summed E-state index contributed by atoms with van der Waals surface area (Å²) < 4.78 is 0. The second-order valence-corrected chi connectivity index (χ2v) is 7.69. The third-order valence-electron chi connectivity index (χ3n) is 5.28. The lowest BCUT2D eigenvalue weighted by molar-refractivity contribution is 0.249. The summed E-state index contributed by atoms with van der Waals surface area (Å²) in [5, 5.41) is 3.40. The maximum absolute atomic E-state index is 4.80. The van der Waals surface area contributed by atoms with E-state index in [0.29, 0.717) is 0 Å². The van der Waals surface area contributed by atoms with Crippen LogP contribution in [0.4, 0.5) is 17.6 Å². The predicted octanol–water partition coefficient (Wildman–Crippen LogP) is 3.76. The smallest absolute Gasteiger partial charge is 0.229 e. The minimum atomic E-state index is 0.780. The fourth-order valence-electron chi connectivity index (χ4n) is 3.25. The summed E-state index contributed by atoms with van der Waals surface area (Å²) >= 11 is 0. The number of allylic oxidation sites excluding steroid dienone is 3. The number of nitrogens with zero attached hydrogens (tertiary/aromatic N) is 5. The molecule has 3 rings (SSSR count). The Morgan fingerprint density at radius 3 is 2.41 bits per heavy atom. The van der Waals surface area contributed by atoms with Crippen LogP contribution in [0.15, 0.2) is 60.3 Å². The lowest BCUT2D eigenvalue weighted by Gasteiger charge is -2.35. The minimum Gasteiger partial charge on any atom is -0.363 e. The second-order valence-electron chi connectivity index (χ2n) is 7.69. The summed E-state index contributed by atoms with van der Waals surface area (Å²) in [6, 6.07) is 12.6. The van der Waals surface area contributed by atoms with E-state index in [9.17, 15) is 0 Å². The quantitative estimate of drug-likeness (QED) is 0.724. The van der Waals surface area contributed by atoms with Gasteiger partial charge in [0.15, 0.2) is 0 Å². The summed E-state index contributed by atoms with van der Waals surface area (Å²) in [7, 11) is 4.01. The molecule has 0 spiro atoms. The van der Waals surface area contributed by atoms with Gasteiger partial charge in [0.25, 0.3) is 0 Å². The second kappa shape index (κ2) is 9.56. The highest BCUT2D eigenvalue weighted by molar-refractivity contribution is 5.56. The molecule has 1 saturated heterocycles. The van der Waals surface area contributed by atoms with Crippen LogP contribution in [0.2, 0.25) is 0 Å². The molecule has 1 aliphatic rings. The van der Waals surface area contributed by atoms with E-state index in [1.807, 2.05) is 45.0 Å². The molecule has 2 aromatic rings. The number of hydrogen-bond acceptors (Lipinski definition) is 6. The maximum atomic E-state index is 4.80. The van der Waals surface area contributed by atoms with Crippen LogP contribution in [0, 0.1) is 0 Å². The van der Waals surface area contributed by atoms with Gasteiger partial charge in [-0.3, -0.25) is 4.90 Å². The van der Waals surface area contributed by atoms with Gasteiger partial charge in [-0.1, -0.05) is 43.0 Å². The number of anilines is 3.